The van der Waals surface area contributed by atoms with Gasteiger partial charge >= 0.3 is 0 Å². The second-order valence-corrected chi connectivity index (χ2v) is 9.28. The van der Waals surface area contributed by atoms with Gasteiger partial charge in [-0.3, -0.25) is 14.4 Å². The minimum atomic E-state index is -0.220. The summed E-state index contributed by atoms with van der Waals surface area (Å²) in [6.07, 6.45) is 5.67. The van der Waals surface area contributed by atoms with Crippen LogP contribution in [0.25, 0.3) is 11.3 Å². The van der Waals surface area contributed by atoms with Gasteiger partial charge in [0.1, 0.15) is 0 Å². The van der Waals surface area contributed by atoms with Crippen molar-refractivity contribution in [2.45, 2.75) is 51.6 Å². The Bertz CT molecular complexity index is 1080. The number of hydrogen-bond acceptors (Lipinski definition) is 7. The lowest BCUT2D eigenvalue weighted by atomic mass is 10.0. The average molecular weight is 428 g/mol. The maximum absolute atomic E-state index is 13.4. The first-order valence-electron chi connectivity index (χ1n) is 10.4. The van der Waals surface area contributed by atoms with Crippen LogP contribution in [-0.2, 0) is 24.6 Å². The lowest BCUT2D eigenvalue weighted by molar-refractivity contribution is 0.0887. The van der Waals surface area contributed by atoms with Crippen molar-refractivity contribution in [2.75, 3.05) is 18.1 Å². The molecule has 0 saturated carbocycles. The highest BCUT2D eigenvalue weighted by molar-refractivity contribution is 7.16. The van der Waals surface area contributed by atoms with Gasteiger partial charge in [-0.25, -0.2) is 4.98 Å². The number of carbonyl (C=O) groups excluding carboxylic acids is 1. The van der Waals surface area contributed by atoms with Gasteiger partial charge in [0.2, 0.25) is 5.76 Å². The van der Waals surface area contributed by atoms with E-state index >= 15 is 0 Å². The SMILES string of the molecule is CC(C)c1cc(C(=O)N(C[C@H]2CCCO2)c2nc3c(s2)CCc2c-3cnn2C)on1. The lowest BCUT2D eigenvalue weighted by Crippen LogP contribution is -2.37. The zero-order valence-corrected chi connectivity index (χ0v) is 18.2. The third-order valence-corrected chi connectivity index (χ3v) is 6.95. The van der Waals surface area contributed by atoms with Crippen LogP contribution in [0.15, 0.2) is 16.8 Å². The monoisotopic (exact) mass is 427 g/mol. The molecule has 8 nitrogen and oxygen atoms in total. The number of carbonyl (C=O) groups is 1. The third-order valence-electron chi connectivity index (χ3n) is 5.81. The maximum Gasteiger partial charge on any atom is 0.298 e. The number of aryl methyl sites for hydroxylation is 2. The molecule has 0 N–H and O–H groups in total. The fourth-order valence-corrected chi connectivity index (χ4v) is 5.14. The Morgan fingerprint density at radius 3 is 3.00 bits per heavy atom. The van der Waals surface area contributed by atoms with E-state index in [4.69, 9.17) is 14.2 Å². The van der Waals surface area contributed by atoms with Gasteiger partial charge in [0.25, 0.3) is 5.91 Å². The Morgan fingerprint density at radius 2 is 2.27 bits per heavy atom. The average Bonchev–Trinajstić information content (AvgIpc) is 3.51. The molecule has 1 atom stereocenters. The van der Waals surface area contributed by atoms with Crippen molar-refractivity contribution in [3.05, 3.63) is 34.3 Å². The molecule has 1 fully saturated rings. The van der Waals surface area contributed by atoms with E-state index in [2.05, 4.69) is 10.3 Å². The number of hydrogen-bond donors (Lipinski definition) is 0. The van der Waals surface area contributed by atoms with Crippen LogP contribution >= 0.6 is 11.3 Å². The summed E-state index contributed by atoms with van der Waals surface area (Å²) in [7, 11) is 1.96. The summed E-state index contributed by atoms with van der Waals surface area (Å²) < 4.78 is 13.1. The summed E-state index contributed by atoms with van der Waals surface area (Å²) in [5, 5.41) is 9.13. The molecular formula is C21H25N5O3S. The predicted octanol–water partition coefficient (Wildman–Crippen LogP) is 3.58. The topological polar surface area (TPSA) is 86.3 Å². The van der Waals surface area contributed by atoms with Crippen LogP contribution < -0.4 is 4.90 Å². The highest BCUT2D eigenvalue weighted by Crippen LogP contribution is 2.39. The van der Waals surface area contributed by atoms with E-state index in [-0.39, 0.29) is 23.7 Å². The Labute approximate surface area is 178 Å². The molecule has 0 spiro atoms. The number of nitrogens with zero attached hydrogens (tertiary/aromatic N) is 5. The number of thiazole rings is 1. The van der Waals surface area contributed by atoms with Crippen molar-refractivity contribution in [3.63, 3.8) is 0 Å². The van der Waals surface area contributed by atoms with E-state index in [0.29, 0.717) is 11.7 Å². The Morgan fingerprint density at radius 1 is 1.40 bits per heavy atom. The van der Waals surface area contributed by atoms with Crippen molar-refractivity contribution < 1.29 is 14.1 Å². The Balaban J connectivity index is 1.51. The van der Waals surface area contributed by atoms with E-state index in [0.717, 1.165) is 49.2 Å². The van der Waals surface area contributed by atoms with Gasteiger partial charge in [-0.2, -0.15) is 5.10 Å². The molecule has 0 aromatic carbocycles. The molecule has 0 bridgehead atoms. The molecule has 1 amide bonds. The lowest BCUT2D eigenvalue weighted by Gasteiger charge is -2.21. The van der Waals surface area contributed by atoms with Gasteiger partial charge in [-0.15, -0.1) is 11.3 Å². The zero-order chi connectivity index (χ0) is 20.8. The molecule has 9 heteroatoms. The van der Waals surface area contributed by atoms with Crippen LogP contribution in [0.3, 0.4) is 0 Å². The van der Waals surface area contributed by atoms with Crippen LogP contribution in [0.2, 0.25) is 0 Å². The summed E-state index contributed by atoms with van der Waals surface area (Å²) in [6.45, 7) is 5.25. The molecule has 0 unspecified atom stereocenters. The molecule has 2 aliphatic rings. The molecule has 1 saturated heterocycles. The molecule has 5 rings (SSSR count). The van der Waals surface area contributed by atoms with Crippen LogP contribution in [0.1, 0.15) is 59.4 Å². The fraction of sp³-hybridized carbons (Fsp3) is 0.524. The minimum Gasteiger partial charge on any atom is -0.376 e. The quantitative estimate of drug-likeness (QED) is 0.619. The number of amides is 1. The highest BCUT2D eigenvalue weighted by Gasteiger charge is 2.32. The van der Waals surface area contributed by atoms with E-state index < -0.39 is 0 Å². The van der Waals surface area contributed by atoms with Crippen molar-refractivity contribution >= 4 is 22.4 Å². The van der Waals surface area contributed by atoms with Gasteiger partial charge in [0, 0.05) is 35.9 Å². The number of rotatable bonds is 5. The largest absolute Gasteiger partial charge is 0.376 e. The first-order chi connectivity index (χ1) is 14.5. The normalized spacial score (nSPS) is 17.9. The second kappa shape index (κ2) is 7.63. The van der Waals surface area contributed by atoms with E-state index in [1.54, 1.807) is 22.3 Å². The van der Waals surface area contributed by atoms with Crippen LogP contribution in [0.5, 0.6) is 0 Å². The summed E-state index contributed by atoms with van der Waals surface area (Å²) in [5.41, 5.74) is 3.96. The predicted molar refractivity (Wildman–Crippen MR) is 113 cm³/mol. The molecule has 1 aliphatic carbocycles. The minimum absolute atomic E-state index is 0.0105. The molecule has 3 aromatic heterocycles. The van der Waals surface area contributed by atoms with E-state index in [9.17, 15) is 4.79 Å². The smallest absolute Gasteiger partial charge is 0.298 e. The summed E-state index contributed by atoms with van der Waals surface area (Å²) >= 11 is 1.58. The number of ether oxygens (including phenoxy) is 1. The third kappa shape index (κ3) is 3.35. The second-order valence-electron chi connectivity index (χ2n) is 8.22. The summed E-state index contributed by atoms with van der Waals surface area (Å²) in [5.74, 6) is 0.215. The highest BCUT2D eigenvalue weighted by atomic mass is 32.1. The van der Waals surface area contributed by atoms with Gasteiger partial charge in [-0.1, -0.05) is 19.0 Å². The maximum atomic E-state index is 13.4. The van der Waals surface area contributed by atoms with Crippen LogP contribution in [0, 0.1) is 0 Å². The molecule has 158 valence electrons. The van der Waals surface area contributed by atoms with Crippen molar-refractivity contribution in [3.8, 4) is 11.3 Å². The summed E-state index contributed by atoms with van der Waals surface area (Å²) in [4.78, 5) is 21.2. The van der Waals surface area contributed by atoms with E-state index in [1.165, 1.54) is 10.6 Å². The molecule has 4 heterocycles. The van der Waals surface area contributed by atoms with Crippen molar-refractivity contribution in [1.29, 1.82) is 0 Å². The molecule has 3 aromatic rings. The van der Waals surface area contributed by atoms with E-state index in [1.807, 2.05) is 31.8 Å². The first kappa shape index (κ1) is 19.4. The molecule has 1 aliphatic heterocycles. The van der Waals surface area contributed by atoms with Crippen LogP contribution in [-0.4, -0.2) is 45.1 Å². The Hall–Kier alpha value is -2.52. The summed E-state index contributed by atoms with van der Waals surface area (Å²) in [6, 6.07) is 1.74. The van der Waals surface area contributed by atoms with Gasteiger partial charge < -0.3 is 9.26 Å². The molecular weight excluding hydrogens is 402 g/mol. The van der Waals surface area contributed by atoms with Crippen LogP contribution in [0.4, 0.5) is 5.13 Å². The first-order valence-corrected chi connectivity index (χ1v) is 11.2. The van der Waals surface area contributed by atoms with Gasteiger partial charge in [-0.05, 0) is 31.6 Å². The zero-order valence-electron chi connectivity index (χ0n) is 17.4. The van der Waals surface area contributed by atoms with Crippen molar-refractivity contribution in [2.24, 2.45) is 7.05 Å². The number of anilines is 1. The Kier molecular flexibility index (Phi) is 4.94. The number of fused-ring (bicyclic) bond motifs is 3. The van der Waals surface area contributed by atoms with Gasteiger partial charge in [0.05, 0.1) is 30.2 Å². The molecule has 0 radical (unpaired) electrons. The standard InChI is InChI=1S/C21H25N5O3S/c1-12(2)15-9-17(29-24-15)20(27)26(11-13-5-4-8-28-13)21-23-19-14-10-22-25(3)16(14)6-7-18(19)30-21/h9-10,12-13H,4-8,11H2,1-3H3/t13-/m1/s1. The van der Waals surface area contributed by atoms with Crippen molar-refractivity contribution in [1.82, 2.24) is 19.9 Å². The molecule has 30 heavy (non-hydrogen) atoms. The number of aromatic nitrogens is 4. The van der Waals surface area contributed by atoms with Gasteiger partial charge in [0.15, 0.2) is 5.13 Å². The fourth-order valence-electron chi connectivity index (χ4n) is 4.06.